The summed E-state index contributed by atoms with van der Waals surface area (Å²) in [5.41, 5.74) is 7.27. The van der Waals surface area contributed by atoms with Crippen molar-refractivity contribution in [3.05, 3.63) is 11.4 Å². The normalized spacial score (nSPS) is 15.3. The van der Waals surface area contributed by atoms with Gasteiger partial charge in [-0.05, 0) is 18.8 Å². The van der Waals surface area contributed by atoms with Crippen LogP contribution in [0, 0.1) is 5.92 Å². The lowest BCUT2D eigenvalue weighted by atomic mass is 10.2. The molecule has 2 rings (SSSR count). The minimum atomic E-state index is 0.313. The summed E-state index contributed by atoms with van der Waals surface area (Å²) in [5, 5.41) is 8.15. The van der Waals surface area contributed by atoms with Crippen molar-refractivity contribution < 1.29 is 4.74 Å². The van der Waals surface area contributed by atoms with Crippen LogP contribution in [0.1, 0.15) is 24.2 Å². The van der Waals surface area contributed by atoms with Crippen molar-refractivity contribution in [3.63, 3.8) is 0 Å². The second-order valence-corrected chi connectivity index (χ2v) is 4.56. The summed E-state index contributed by atoms with van der Waals surface area (Å²) < 4.78 is 6.99. The van der Waals surface area contributed by atoms with Crippen molar-refractivity contribution in [2.45, 2.75) is 25.8 Å². The van der Waals surface area contributed by atoms with E-state index in [-0.39, 0.29) is 0 Å². The van der Waals surface area contributed by atoms with Crippen LogP contribution in [-0.2, 0) is 17.7 Å². The summed E-state index contributed by atoms with van der Waals surface area (Å²) in [6, 6.07) is 0. The second-order valence-electron chi connectivity index (χ2n) is 4.12. The Bertz CT molecular complexity index is 386. The Morgan fingerprint density at radius 2 is 2.38 bits per heavy atom. The van der Waals surface area contributed by atoms with E-state index in [1.807, 2.05) is 4.68 Å². The Kier molecular flexibility index (Phi) is 3.50. The number of hydrogen-bond acceptors (Lipinski definition) is 4. The highest BCUT2D eigenvalue weighted by Crippen LogP contribution is 2.30. The summed E-state index contributed by atoms with van der Waals surface area (Å²) in [5.74, 6) is 0.752. The maximum atomic E-state index is 5.62. The van der Waals surface area contributed by atoms with Crippen molar-refractivity contribution in [1.82, 2.24) is 15.0 Å². The monoisotopic (exact) mass is 240 g/mol. The summed E-state index contributed by atoms with van der Waals surface area (Å²) in [7, 11) is 1.68. The fourth-order valence-electron chi connectivity index (χ4n) is 1.66. The van der Waals surface area contributed by atoms with E-state index in [0.717, 1.165) is 24.6 Å². The molecule has 1 aromatic rings. The molecule has 16 heavy (non-hydrogen) atoms. The molecule has 0 aromatic carbocycles. The lowest BCUT2D eigenvalue weighted by Crippen LogP contribution is -2.16. The van der Waals surface area contributed by atoms with Crippen LogP contribution in [0.3, 0.4) is 0 Å². The zero-order valence-corrected chi connectivity index (χ0v) is 10.2. The van der Waals surface area contributed by atoms with Crippen molar-refractivity contribution in [2.75, 3.05) is 13.7 Å². The molecule has 1 heterocycles. The van der Waals surface area contributed by atoms with Crippen molar-refractivity contribution >= 4 is 17.2 Å². The van der Waals surface area contributed by atoms with Gasteiger partial charge >= 0.3 is 0 Å². The predicted molar refractivity (Wildman–Crippen MR) is 64.2 cm³/mol. The summed E-state index contributed by atoms with van der Waals surface area (Å²) >= 11 is 4.96. The average Bonchev–Trinajstić information content (AvgIpc) is 2.95. The molecule has 2 N–H and O–H groups in total. The van der Waals surface area contributed by atoms with Crippen LogP contribution in [0.5, 0.6) is 0 Å². The molecule has 1 aromatic heterocycles. The Hall–Kier alpha value is -1.01. The fraction of sp³-hybridized carbons (Fsp3) is 0.700. The first kappa shape index (κ1) is 11.5. The van der Waals surface area contributed by atoms with Gasteiger partial charge < -0.3 is 10.5 Å². The molecule has 1 aliphatic carbocycles. The number of thiocarbonyl (C=S) groups is 1. The van der Waals surface area contributed by atoms with E-state index in [1.54, 1.807) is 7.11 Å². The van der Waals surface area contributed by atoms with Gasteiger partial charge in [0.05, 0.1) is 12.3 Å². The van der Waals surface area contributed by atoms with Crippen LogP contribution < -0.4 is 5.73 Å². The fourth-order valence-corrected chi connectivity index (χ4v) is 1.82. The molecule has 0 atom stereocenters. The Labute approximate surface area is 100.0 Å². The van der Waals surface area contributed by atoms with E-state index >= 15 is 0 Å². The minimum absolute atomic E-state index is 0.313. The number of hydrogen-bond donors (Lipinski definition) is 1. The first-order valence-corrected chi connectivity index (χ1v) is 5.84. The van der Waals surface area contributed by atoms with Gasteiger partial charge in [-0.2, -0.15) is 0 Å². The van der Waals surface area contributed by atoms with Crippen LogP contribution in [-0.4, -0.2) is 33.7 Å². The number of nitrogens with two attached hydrogens (primary N) is 1. The lowest BCUT2D eigenvalue weighted by Gasteiger charge is -2.06. The Morgan fingerprint density at radius 3 is 2.94 bits per heavy atom. The number of rotatable bonds is 6. The smallest absolute Gasteiger partial charge is 0.143 e. The maximum absolute atomic E-state index is 5.62. The molecular weight excluding hydrogens is 224 g/mol. The average molecular weight is 240 g/mol. The van der Waals surface area contributed by atoms with Gasteiger partial charge in [0.1, 0.15) is 10.7 Å². The third-order valence-electron chi connectivity index (χ3n) is 2.74. The summed E-state index contributed by atoms with van der Waals surface area (Å²) in [6.45, 7) is 1.56. The van der Waals surface area contributed by atoms with Crippen LogP contribution in [0.4, 0.5) is 0 Å². The van der Waals surface area contributed by atoms with Crippen molar-refractivity contribution in [2.24, 2.45) is 11.7 Å². The number of aromatic nitrogens is 3. The van der Waals surface area contributed by atoms with Gasteiger partial charge in [-0.3, -0.25) is 0 Å². The number of methoxy groups -OCH3 is 1. The van der Waals surface area contributed by atoms with Gasteiger partial charge in [0.2, 0.25) is 0 Å². The molecule has 0 unspecified atom stereocenters. The standard InChI is InChI=1S/C10H16N4OS/c1-15-5-4-8-9(10(11)16)12-13-14(8)6-7-2-3-7/h7H,2-6H2,1H3,(H2,11,16). The molecule has 1 aliphatic rings. The van der Waals surface area contributed by atoms with Gasteiger partial charge in [-0.25, -0.2) is 4.68 Å². The first-order valence-electron chi connectivity index (χ1n) is 5.43. The summed E-state index contributed by atoms with van der Waals surface area (Å²) in [4.78, 5) is 0.313. The molecule has 0 radical (unpaired) electrons. The van der Waals surface area contributed by atoms with Crippen LogP contribution in [0.2, 0.25) is 0 Å². The topological polar surface area (TPSA) is 66.0 Å². The molecule has 0 spiro atoms. The quantitative estimate of drug-likeness (QED) is 0.734. The predicted octanol–water partition coefficient (Wildman–Crippen LogP) is 0.511. The molecule has 1 fully saturated rings. The third kappa shape index (κ3) is 2.56. The molecule has 6 heteroatoms. The van der Waals surface area contributed by atoms with E-state index < -0.39 is 0 Å². The van der Waals surface area contributed by atoms with E-state index in [4.69, 9.17) is 22.7 Å². The van der Waals surface area contributed by atoms with Gasteiger partial charge in [0.25, 0.3) is 0 Å². The van der Waals surface area contributed by atoms with Crippen molar-refractivity contribution in [3.8, 4) is 0 Å². The second kappa shape index (κ2) is 4.88. The highest BCUT2D eigenvalue weighted by atomic mass is 32.1. The van der Waals surface area contributed by atoms with Gasteiger partial charge in [0, 0.05) is 20.1 Å². The molecular formula is C10H16N4OS. The number of nitrogens with zero attached hydrogens (tertiary/aromatic N) is 3. The molecule has 5 nitrogen and oxygen atoms in total. The van der Waals surface area contributed by atoms with E-state index in [9.17, 15) is 0 Å². The zero-order chi connectivity index (χ0) is 11.5. The number of ether oxygens (including phenoxy) is 1. The molecule has 0 bridgehead atoms. The van der Waals surface area contributed by atoms with Crippen LogP contribution >= 0.6 is 12.2 Å². The largest absolute Gasteiger partial charge is 0.388 e. The lowest BCUT2D eigenvalue weighted by molar-refractivity contribution is 0.200. The molecule has 0 saturated heterocycles. The van der Waals surface area contributed by atoms with Crippen LogP contribution in [0.15, 0.2) is 0 Å². The van der Waals surface area contributed by atoms with E-state index in [0.29, 0.717) is 17.3 Å². The van der Waals surface area contributed by atoms with Gasteiger partial charge in [-0.1, -0.05) is 17.4 Å². The van der Waals surface area contributed by atoms with Gasteiger partial charge in [-0.15, -0.1) is 5.10 Å². The molecule has 0 aliphatic heterocycles. The minimum Gasteiger partial charge on any atom is -0.388 e. The Balaban J connectivity index is 2.17. The van der Waals surface area contributed by atoms with Crippen molar-refractivity contribution in [1.29, 1.82) is 0 Å². The third-order valence-corrected chi connectivity index (χ3v) is 2.94. The highest BCUT2D eigenvalue weighted by Gasteiger charge is 2.24. The molecule has 0 amide bonds. The first-order chi connectivity index (χ1) is 7.72. The molecule has 88 valence electrons. The molecule has 1 saturated carbocycles. The van der Waals surface area contributed by atoms with Gasteiger partial charge in [0.15, 0.2) is 0 Å². The highest BCUT2D eigenvalue weighted by molar-refractivity contribution is 7.80. The van der Waals surface area contributed by atoms with E-state index in [1.165, 1.54) is 12.8 Å². The maximum Gasteiger partial charge on any atom is 0.143 e. The summed E-state index contributed by atoms with van der Waals surface area (Å²) in [6.07, 6.45) is 3.32. The Morgan fingerprint density at radius 1 is 1.62 bits per heavy atom. The van der Waals surface area contributed by atoms with Crippen LogP contribution in [0.25, 0.3) is 0 Å². The SMILES string of the molecule is COCCc1c(C(N)=S)nnn1CC1CC1. The zero-order valence-electron chi connectivity index (χ0n) is 9.35. The van der Waals surface area contributed by atoms with E-state index in [2.05, 4.69) is 10.3 Å².